The molecule has 0 saturated heterocycles. The molecule has 0 aliphatic carbocycles. The smallest absolute Gasteiger partial charge is 0.119 e. The maximum atomic E-state index is 6.34. The lowest BCUT2D eigenvalue weighted by atomic mass is 10.0. The van der Waals surface area contributed by atoms with Crippen molar-refractivity contribution in [2.75, 3.05) is 47.1 Å². The van der Waals surface area contributed by atoms with Gasteiger partial charge >= 0.3 is 0 Å². The van der Waals surface area contributed by atoms with Gasteiger partial charge < -0.3 is 43.8 Å². The molecule has 0 fully saturated rings. The van der Waals surface area contributed by atoms with E-state index in [9.17, 15) is 0 Å². The second-order valence-electron chi connectivity index (χ2n) is 19.4. The molecule has 9 heteroatoms. The number of hydrogen-bond acceptors (Lipinski definition) is 5. The van der Waals surface area contributed by atoms with E-state index in [-0.39, 0.29) is 0 Å². The Hall–Kier alpha value is -7.36. The highest BCUT2D eigenvalue weighted by Gasteiger charge is 2.19. The van der Waals surface area contributed by atoms with Gasteiger partial charge in [0.05, 0.1) is 19.8 Å². The van der Waals surface area contributed by atoms with E-state index in [1.54, 1.807) is 0 Å². The number of aromatic nitrogens is 4. The number of hydrogen-bond donors (Lipinski definition) is 4. The van der Waals surface area contributed by atoms with Crippen molar-refractivity contribution in [2.45, 2.75) is 85.0 Å². The Kier molecular flexibility index (Phi) is 17.2. The van der Waals surface area contributed by atoms with Crippen LogP contribution in [0, 0.1) is 0 Å². The first kappa shape index (κ1) is 50.6. The van der Waals surface area contributed by atoms with Gasteiger partial charge in [0.15, 0.2) is 0 Å². The first-order valence-corrected chi connectivity index (χ1v) is 26.7. The number of fused-ring (bicyclic) bond motifs is 8. The van der Waals surface area contributed by atoms with Crippen LogP contribution in [0.1, 0.15) is 130 Å². The van der Waals surface area contributed by atoms with Gasteiger partial charge in [0.1, 0.15) is 29.6 Å². The second kappa shape index (κ2) is 24.9. The summed E-state index contributed by atoms with van der Waals surface area (Å²) < 4.78 is 25.0. The predicted octanol–water partition coefficient (Wildman–Crippen LogP) is 11.3. The topological polar surface area (TPSA) is 103 Å². The Morgan fingerprint density at radius 2 is 0.712 bits per heavy atom. The van der Waals surface area contributed by atoms with Crippen LogP contribution in [0.4, 0.5) is 0 Å². The minimum atomic E-state index is 0.584. The number of likely N-dealkylation sites (N-methyl/N-ethyl adjacent to an activating group) is 1. The minimum absolute atomic E-state index is 0.584. The van der Waals surface area contributed by atoms with Crippen LogP contribution >= 0.6 is 0 Å². The molecule has 9 rings (SSSR count). The summed E-state index contributed by atoms with van der Waals surface area (Å²) in [6, 6.07) is 51.5. The van der Waals surface area contributed by atoms with Crippen molar-refractivity contribution in [3.8, 4) is 23.0 Å². The summed E-state index contributed by atoms with van der Waals surface area (Å²) in [5.41, 5.74) is 12.2. The van der Waals surface area contributed by atoms with Crippen LogP contribution in [0.15, 0.2) is 146 Å². The molecule has 73 heavy (non-hydrogen) atoms. The maximum Gasteiger partial charge on any atom is 0.119 e. The van der Waals surface area contributed by atoms with Gasteiger partial charge in [-0.15, -0.1) is 0 Å². The van der Waals surface area contributed by atoms with E-state index < -0.39 is 0 Å². The standard InChI is InChI=1S/C64H73N5O4/c1-6-9-10-11-12-13-14-15-41-72-50-28-24-46(25-29-50)62-55-31-35-58(66-55)63(47-18-16-20-51(43-47)71-40-8-3)57-34-30-53(65-57)61(45-22-26-49(27-23-45)70-39-7-2)54-32-36-59(67-54)64(60-37-33-56(62)68-60)48-19-17-21-52(44-48)73-42-38-69(4)5/h16-37,43-44,65-68H,6-15,38-42H2,1-5H3. The molecule has 4 N–H and O–H groups in total. The van der Waals surface area contributed by atoms with Crippen molar-refractivity contribution < 1.29 is 18.9 Å². The molecule has 0 saturated carbocycles. The van der Waals surface area contributed by atoms with Crippen LogP contribution in [0.25, 0.3) is 22.3 Å². The Bertz CT molecular complexity index is 3300. The zero-order valence-corrected chi connectivity index (χ0v) is 43.5. The van der Waals surface area contributed by atoms with E-state index in [4.69, 9.17) is 18.9 Å². The van der Waals surface area contributed by atoms with Crippen LogP contribution in [0.3, 0.4) is 0 Å². The molecule has 0 spiro atoms. The highest BCUT2D eigenvalue weighted by atomic mass is 16.5. The van der Waals surface area contributed by atoms with Crippen LogP contribution in [-0.4, -0.2) is 71.9 Å². The number of nitrogens with zero attached hydrogens (tertiary/aromatic N) is 1. The average molecular weight is 976 g/mol. The fourth-order valence-corrected chi connectivity index (χ4v) is 9.70. The monoisotopic (exact) mass is 976 g/mol. The SMILES string of the molecule is CCCCCCCCCCOc1ccc(C2=c3ccc([nH]3)=C(c3cccc(OCCC)c3)c3ccc([nH]3)C(c3ccc(OCCC)cc3)=c3ccc([nH]3)=C(c3cccc(OCCN(C)C)c3)c3ccc2[nH]3)cc1. The number of H-pyrrole nitrogens is 4. The molecule has 378 valence electrons. The van der Waals surface area contributed by atoms with Crippen molar-refractivity contribution >= 4 is 22.3 Å². The summed E-state index contributed by atoms with van der Waals surface area (Å²) in [5, 5.41) is 3.88. The van der Waals surface area contributed by atoms with Gasteiger partial charge in [-0.1, -0.05) is 114 Å². The van der Waals surface area contributed by atoms with Crippen LogP contribution < -0.4 is 40.3 Å². The van der Waals surface area contributed by atoms with Crippen molar-refractivity contribution in [1.29, 1.82) is 0 Å². The Labute approximate surface area is 431 Å². The van der Waals surface area contributed by atoms with E-state index in [1.807, 2.05) is 12.1 Å². The zero-order valence-electron chi connectivity index (χ0n) is 43.5. The molecule has 8 aromatic rings. The maximum absolute atomic E-state index is 6.34. The predicted molar refractivity (Wildman–Crippen MR) is 298 cm³/mol. The van der Waals surface area contributed by atoms with E-state index in [2.05, 4.69) is 193 Å². The zero-order chi connectivity index (χ0) is 50.4. The summed E-state index contributed by atoms with van der Waals surface area (Å²) >= 11 is 0. The van der Waals surface area contributed by atoms with E-state index in [1.165, 1.54) is 44.9 Å². The number of rotatable bonds is 24. The van der Waals surface area contributed by atoms with Gasteiger partial charge in [0.25, 0.3) is 0 Å². The molecule has 1 aliphatic heterocycles. The van der Waals surface area contributed by atoms with E-state index in [0.29, 0.717) is 19.8 Å². The van der Waals surface area contributed by atoms with Gasteiger partial charge in [0.2, 0.25) is 0 Å². The molecular formula is C64H73N5O4. The quantitative estimate of drug-likeness (QED) is 0.0452. The largest absolute Gasteiger partial charge is 0.494 e. The number of unbranched alkanes of at least 4 members (excludes halogenated alkanes) is 7. The third-order valence-electron chi connectivity index (χ3n) is 13.4. The molecule has 9 nitrogen and oxygen atoms in total. The van der Waals surface area contributed by atoms with Crippen molar-refractivity contribution in [3.05, 3.63) is 212 Å². The molecule has 0 radical (unpaired) electrons. The number of aromatic amines is 4. The summed E-state index contributed by atoms with van der Waals surface area (Å²) in [7, 11) is 4.13. The van der Waals surface area contributed by atoms with E-state index >= 15 is 0 Å². The molecule has 5 heterocycles. The Morgan fingerprint density at radius 3 is 1.14 bits per heavy atom. The van der Waals surface area contributed by atoms with Gasteiger partial charge in [-0.05, 0) is 153 Å². The third-order valence-corrected chi connectivity index (χ3v) is 13.4. The molecule has 4 aromatic heterocycles. The molecule has 8 bridgehead atoms. The molecule has 0 amide bonds. The van der Waals surface area contributed by atoms with Gasteiger partial charge in [-0.3, -0.25) is 0 Å². The fraction of sp³-hybridized carbons (Fsp3) is 0.312. The molecule has 1 aliphatic rings. The summed E-state index contributed by atoms with van der Waals surface area (Å²) in [5.74, 6) is 3.38. The molecular weight excluding hydrogens is 903 g/mol. The number of nitrogens with one attached hydrogen (secondary N) is 4. The highest BCUT2D eigenvalue weighted by Crippen LogP contribution is 2.31. The average Bonchev–Trinajstić information content (AvgIpc) is 4.27. The number of ether oxygens (including phenoxy) is 4. The molecule has 4 aromatic carbocycles. The van der Waals surface area contributed by atoms with Crippen LogP contribution in [0.5, 0.6) is 23.0 Å². The number of benzene rings is 4. The lowest BCUT2D eigenvalue weighted by Gasteiger charge is -2.13. The van der Waals surface area contributed by atoms with Gasteiger partial charge in [-0.25, -0.2) is 0 Å². The van der Waals surface area contributed by atoms with Crippen LogP contribution in [-0.2, 0) is 0 Å². The first-order valence-electron chi connectivity index (χ1n) is 26.7. The molecule has 0 unspecified atom stereocenters. The van der Waals surface area contributed by atoms with Crippen molar-refractivity contribution in [2.24, 2.45) is 0 Å². The highest BCUT2D eigenvalue weighted by molar-refractivity contribution is 5.85. The van der Waals surface area contributed by atoms with Crippen LogP contribution in [0.2, 0.25) is 0 Å². The van der Waals surface area contributed by atoms with E-state index in [0.717, 1.165) is 144 Å². The minimum Gasteiger partial charge on any atom is -0.494 e. The molecule has 0 atom stereocenters. The van der Waals surface area contributed by atoms with Gasteiger partial charge in [-0.2, -0.15) is 0 Å². The first-order chi connectivity index (χ1) is 35.9. The van der Waals surface area contributed by atoms with Crippen molar-refractivity contribution in [3.63, 3.8) is 0 Å². The Morgan fingerprint density at radius 1 is 0.329 bits per heavy atom. The lowest BCUT2D eigenvalue weighted by molar-refractivity contribution is 0.261. The summed E-state index contributed by atoms with van der Waals surface area (Å²) in [6.07, 6.45) is 12.0. The second-order valence-corrected chi connectivity index (χ2v) is 19.4. The lowest BCUT2D eigenvalue weighted by Crippen LogP contribution is -2.19. The normalized spacial score (nSPS) is 12.5. The fourth-order valence-electron chi connectivity index (χ4n) is 9.70. The van der Waals surface area contributed by atoms with Gasteiger partial charge in [0, 0.05) is 73.0 Å². The summed E-state index contributed by atoms with van der Waals surface area (Å²) in [6.45, 7) is 9.96. The van der Waals surface area contributed by atoms with Crippen molar-refractivity contribution in [1.82, 2.24) is 24.8 Å². The third kappa shape index (κ3) is 12.6. The summed E-state index contributed by atoms with van der Waals surface area (Å²) in [4.78, 5) is 17.9. The Balaban J connectivity index is 1.22.